The molecule has 0 fully saturated rings. The van der Waals surface area contributed by atoms with Crippen molar-refractivity contribution in [3.63, 3.8) is 0 Å². The van der Waals surface area contributed by atoms with Gasteiger partial charge in [0.2, 0.25) is 0 Å². The second-order valence-corrected chi connectivity index (χ2v) is 6.62. The van der Waals surface area contributed by atoms with E-state index in [9.17, 15) is 0 Å². The number of aryl methyl sites for hydroxylation is 2. The summed E-state index contributed by atoms with van der Waals surface area (Å²) < 4.78 is 0. The van der Waals surface area contributed by atoms with Gasteiger partial charge in [-0.15, -0.1) is 0 Å². The number of aliphatic imine (C=N–C) groups is 1. The molecular formula is C19H22Cl2N2. The molecule has 2 nitrogen and oxygen atoms in total. The lowest BCUT2D eigenvalue weighted by molar-refractivity contribution is 0.552. The van der Waals surface area contributed by atoms with Gasteiger partial charge in [-0.2, -0.15) is 0 Å². The zero-order valence-electron chi connectivity index (χ0n) is 14.0. The number of halogens is 2. The van der Waals surface area contributed by atoms with E-state index in [0.717, 1.165) is 24.2 Å². The number of hydrogen-bond acceptors (Lipinski definition) is 1. The van der Waals surface area contributed by atoms with Gasteiger partial charge in [-0.3, -0.25) is 0 Å². The highest BCUT2D eigenvalue weighted by atomic mass is 35.5. The van der Waals surface area contributed by atoms with Crippen LogP contribution in [0.25, 0.3) is 0 Å². The van der Waals surface area contributed by atoms with Crippen molar-refractivity contribution in [2.45, 2.75) is 27.2 Å². The molecule has 2 rings (SSSR count). The molecule has 0 amide bonds. The second-order valence-electron chi connectivity index (χ2n) is 5.81. The first-order chi connectivity index (χ1) is 10.9. The van der Waals surface area contributed by atoms with Gasteiger partial charge in [0, 0.05) is 13.6 Å². The fourth-order valence-electron chi connectivity index (χ4n) is 2.30. The molecule has 2 aromatic carbocycles. The predicted octanol–water partition coefficient (Wildman–Crippen LogP) is 5.81. The lowest BCUT2D eigenvalue weighted by Gasteiger charge is -2.12. The summed E-state index contributed by atoms with van der Waals surface area (Å²) in [5, 5.41) is 1.19. The molecule has 0 saturated heterocycles. The van der Waals surface area contributed by atoms with Crippen LogP contribution in [0, 0.1) is 13.8 Å². The van der Waals surface area contributed by atoms with Crippen molar-refractivity contribution in [3.8, 4) is 0 Å². The Bertz CT molecular complexity index is 724. The minimum atomic E-state index is 0.591. The third-order valence-electron chi connectivity index (χ3n) is 3.93. The van der Waals surface area contributed by atoms with E-state index in [0.29, 0.717) is 10.0 Å². The molecule has 0 bridgehead atoms. The summed E-state index contributed by atoms with van der Waals surface area (Å²) in [6.45, 7) is 7.26. The predicted molar refractivity (Wildman–Crippen MR) is 102 cm³/mol. The van der Waals surface area contributed by atoms with Crippen molar-refractivity contribution in [2.24, 2.45) is 4.99 Å². The lowest BCUT2D eigenvalue weighted by atomic mass is 9.97. The molecular weight excluding hydrogens is 327 g/mol. The van der Waals surface area contributed by atoms with E-state index in [1.165, 1.54) is 16.7 Å². The Morgan fingerprint density at radius 1 is 1.04 bits per heavy atom. The van der Waals surface area contributed by atoms with E-state index in [2.05, 4.69) is 42.8 Å². The first kappa shape index (κ1) is 17.8. The Hall–Kier alpha value is -1.51. The topological polar surface area (TPSA) is 15.6 Å². The van der Waals surface area contributed by atoms with E-state index in [4.69, 9.17) is 23.2 Å². The van der Waals surface area contributed by atoms with Crippen LogP contribution in [-0.2, 0) is 6.42 Å². The van der Waals surface area contributed by atoms with Crippen molar-refractivity contribution < 1.29 is 0 Å². The van der Waals surface area contributed by atoms with E-state index >= 15 is 0 Å². The third-order valence-corrected chi connectivity index (χ3v) is 4.66. The minimum Gasteiger partial charge on any atom is -0.366 e. The standard InChI is InChI=1S/C19H22Cl2N2/c1-5-23(4)12-22-19-9-13(2)16(8-14(19)3)10-15-6-7-17(20)18(21)11-15/h6-9,11-12H,5,10H2,1-4H3. The van der Waals surface area contributed by atoms with Crippen LogP contribution in [0.1, 0.15) is 29.2 Å². The molecule has 0 spiro atoms. The number of nitrogens with zero attached hydrogens (tertiary/aromatic N) is 2. The Morgan fingerprint density at radius 2 is 1.78 bits per heavy atom. The van der Waals surface area contributed by atoms with Crippen LogP contribution >= 0.6 is 23.2 Å². The van der Waals surface area contributed by atoms with Gasteiger partial charge in [-0.1, -0.05) is 35.3 Å². The summed E-state index contributed by atoms with van der Waals surface area (Å²) in [7, 11) is 2.02. The molecule has 0 unspecified atom stereocenters. The molecule has 0 radical (unpaired) electrons. The van der Waals surface area contributed by atoms with Gasteiger partial charge >= 0.3 is 0 Å². The highest BCUT2D eigenvalue weighted by Crippen LogP contribution is 2.27. The maximum absolute atomic E-state index is 6.11. The monoisotopic (exact) mass is 348 g/mol. The molecule has 0 N–H and O–H groups in total. The van der Waals surface area contributed by atoms with Crippen LogP contribution in [0.15, 0.2) is 35.3 Å². The fourth-order valence-corrected chi connectivity index (χ4v) is 2.62. The van der Waals surface area contributed by atoms with Crippen LogP contribution in [0.5, 0.6) is 0 Å². The zero-order chi connectivity index (χ0) is 17.0. The maximum atomic E-state index is 6.11. The molecule has 4 heteroatoms. The highest BCUT2D eigenvalue weighted by Gasteiger charge is 2.07. The van der Waals surface area contributed by atoms with Crippen molar-refractivity contribution in [2.75, 3.05) is 13.6 Å². The first-order valence-electron chi connectivity index (χ1n) is 7.69. The normalized spacial score (nSPS) is 11.2. The Balaban J connectivity index is 2.25. The Kier molecular flexibility index (Phi) is 6.09. The third kappa shape index (κ3) is 4.73. The van der Waals surface area contributed by atoms with Gasteiger partial charge in [0.1, 0.15) is 0 Å². The van der Waals surface area contributed by atoms with Crippen LogP contribution in [-0.4, -0.2) is 24.8 Å². The van der Waals surface area contributed by atoms with Gasteiger partial charge < -0.3 is 4.90 Å². The second kappa shape index (κ2) is 7.85. The van der Waals surface area contributed by atoms with Crippen molar-refractivity contribution in [1.29, 1.82) is 0 Å². The summed E-state index contributed by atoms with van der Waals surface area (Å²) in [6, 6.07) is 10.1. The molecule has 23 heavy (non-hydrogen) atoms. The number of rotatable bonds is 5. The molecule has 0 atom stereocenters. The quantitative estimate of drug-likeness (QED) is 0.491. The lowest BCUT2D eigenvalue weighted by Crippen LogP contribution is -2.14. The average molecular weight is 349 g/mol. The molecule has 0 aromatic heterocycles. The van der Waals surface area contributed by atoms with E-state index in [-0.39, 0.29) is 0 Å². The van der Waals surface area contributed by atoms with Gasteiger partial charge in [0.05, 0.1) is 22.1 Å². The van der Waals surface area contributed by atoms with Crippen LogP contribution in [0.3, 0.4) is 0 Å². The molecule has 0 aliphatic heterocycles. The molecule has 0 aliphatic carbocycles. The van der Waals surface area contributed by atoms with Crippen LogP contribution in [0.4, 0.5) is 5.69 Å². The minimum absolute atomic E-state index is 0.591. The van der Waals surface area contributed by atoms with Crippen molar-refractivity contribution in [3.05, 3.63) is 62.6 Å². The van der Waals surface area contributed by atoms with E-state index in [1.54, 1.807) is 0 Å². The Morgan fingerprint density at radius 3 is 2.43 bits per heavy atom. The average Bonchev–Trinajstić information content (AvgIpc) is 2.52. The van der Waals surface area contributed by atoms with Crippen molar-refractivity contribution >= 4 is 35.2 Å². The first-order valence-corrected chi connectivity index (χ1v) is 8.44. The summed E-state index contributed by atoms with van der Waals surface area (Å²) >= 11 is 12.1. The van der Waals surface area contributed by atoms with Crippen LogP contribution < -0.4 is 0 Å². The molecule has 122 valence electrons. The van der Waals surface area contributed by atoms with E-state index in [1.807, 2.05) is 31.6 Å². The number of hydrogen-bond donors (Lipinski definition) is 0. The molecule has 0 saturated carbocycles. The van der Waals surface area contributed by atoms with Crippen LogP contribution in [0.2, 0.25) is 10.0 Å². The highest BCUT2D eigenvalue weighted by molar-refractivity contribution is 6.42. The molecule has 0 heterocycles. The van der Waals surface area contributed by atoms with Gasteiger partial charge in [0.25, 0.3) is 0 Å². The van der Waals surface area contributed by atoms with Crippen molar-refractivity contribution in [1.82, 2.24) is 4.90 Å². The van der Waals surface area contributed by atoms with E-state index < -0.39 is 0 Å². The molecule has 0 aliphatic rings. The maximum Gasteiger partial charge on any atom is 0.0909 e. The zero-order valence-corrected chi connectivity index (χ0v) is 15.5. The van der Waals surface area contributed by atoms with Gasteiger partial charge in [-0.25, -0.2) is 4.99 Å². The smallest absolute Gasteiger partial charge is 0.0909 e. The van der Waals surface area contributed by atoms with Gasteiger partial charge in [0.15, 0.2) is 0 Å². The summed E-state index contributed by atoms with van der Waals surface area (Å²) in [6.07, 6.45) is 2.71. The SMILES string of the molecule is CCN(C)C=Nc1cc(C)c(Cc2ccc(Cl)c(Cl)c2)cc1C. The largest absolute Gasteiger partial charge is 0.366 e. The summed E-state index contributed by atoms with van der Waals surface area (Å²) in [5.74, 6) is 0. The summed E-state index contributed by atoms with van der Waals surface area (Å²) in [5.41, 5.74) is 5.85. The molecule has 2 aromatic rings. The van der Waals surface area contributed by atoms with Gasteiger partial charge in [-0.05, 0) is 67.6 Å². The Labute approximate surface area is 148 Å². The fraction of sp³-hybridized carbons (Fsp3) is 0.316. The number of benzene rings is 2. The summed E-state index contributed by atoms with van der Waals surface area (Å²) in [4.78, 5) is 6.63.